The third-order valence-corrected chi connectivity index (χ3v) is 9.02. The van der Waals surface area contributed by atoms with E-state index in [2.05, 4.69) is 15.7 Å². The summed E-state index contributed by atoms with van der Waals surface area (Å²) in [5.74, 6) is 0.802. The van der Waals surface area contributed by atoms with Crippen LogP contribution in [0, 0.1) is 6.92 Å². The number of fused-ring (bicyclic) bond motifs is 2. The summed E-state index contributed by atoms with van der Waals surface area (Å²) in [5, 5.41) is 21.6. The lowest BCUT2D eigenvalue weighted by atomic mass is 9.84. The highest BCUT2D eigenvalue weighted by atomic mass is 32.2. The highest BCUT2D eigenvalue weighted by Crippen LogP contribution is 2.37. The normalized spacial score (nSPS) is 19.9. The van der Waals surface area contributed by atoms with E-state index in [4.69, 9.17) is 15.0 Å². The quantitative estimate of drug-likeness (QED) is 0.290. The maximum Gasteiger partial charge on any atom is 0.269 e. The van der Waals surface area contributed by atoms with Crippen LogP contribution in [0.1, 0.15) is 38.2 Å². The summed E-state index contributed by atoms with van der Waals surface area (Å²) >= 11 is 0. The Morgan fingerprint density at radius 1 is 1.05 bits per heavy atom. The van der Waals surface area contributed by atoms with E-state index in [1.807, 2.05) is 13.8 Å². The van der Waals surface area contributed by atoms with Crippen molar-refractivity contribution in [2.75, 3.05) is 17.7 Å². The number of nitrogens with zero attached hydrogens (tertiary/aromatic N) is 6. The highest BCUT2D eigenvalue weighted by molar-refractivity contribution is 7.90. The molecule has 1 saturated carbocycles. The maximum absolute atomic E-state index is 13.9. The maximum atomic E-state index is 13.9. The van der Waals surface area contributed by atoms with Crippen LogP contribution in [0.5, 0.6) is 0 Å². The van der Waals surface area contributed by atoms with Crippen molar-refractivity contribution >= 4 is 38.5 Å². The van der Waals surface area contributed by atoms with Crippen LogP contribution in [0.3, 0.4) is 0 Å². The Kier molecular flexibility index (Phi) is 6.03. The van der Waals surface area contributed by atoms with Crippen molar-refractivity contribution in [1.29, 1.82) is 0 Å². The lowest BCUT2D eigenvalue weighted by molar-refractivity contribution is 0.0195. The summed E-state index contributed by atoms with van der Waals surface area (Å²) in [6, 6.07) is 10.4. The third-order valence-electron chi connectivity index (χ3n) is 7.36. The molecule has 39 heavy (non-hydrogen) atoms. The molecule has 1 aliphatic rings. The first-order valence-electron chi connectivity index (χ1n) is 12.9. The van der Waals surface area contributed by atoms with Crippen LogP contribution in [0.15, 0.2) is 59.9 Å². The van der Waals surface area contributed by atoms with Gasteiger partial charge >= 0.3 is 0 Å². The van der Waals surface area contributed by atoms with Gasteiger partial charge < -0.3 is 15.7 Å². The van der Waals surface area contributed by atoms with Crippen LogP contribution < -0.4 is 10.6 Å². The molecule has 5 aromatic rings. The third kappa shape index (κ3) is 4.59. The number of hydrogen-bond acceptors (Lipinski definition) is 9. The van der Waals surface area contributed by atoms with E-state index in [1.54, 1.807) is 66.6 Å². The molecule has 0 amide bonds. The summed E-state index contributed by atoms with van der Waals surface area (Å²) in [4.78, 5) is 14.3. The zero-order chi connectivity index (χ0) is 27.4. The number of hydrogen-bond donors (Lipinski definition) is 3. The number of nitrogens with one attached hydrogen (secondary N) is 2. The number of aromatic nitrogens is 6. The van der Waals surface area contributed by atoms with E-state index in [0.717, 1.165) is 18.4 Å². The van der Waals surface area contributed by atoms with Gasteiger partial charge in [-0.3, -0.25) is 0 Å². The molecule has 0 unspecified atom stereocenters. The predicted octanol–water partition coefficient (Wildman–Crippen LogP) is 3.83. The van der Waals surface area contributed by atoms with E-state index >= 15 is 0 Å². The van der Waals surface area contributed by atoms with Crippen molar-refractivity contribution in [3.05, 3.63) is 60.6 Å². The second-order valence-electron chi connectivity index (χ2n) is 10.4. The molecule has 0 spiro atoms. The highest BCUT2D eigenvalue weighted by Gasteiger charge is 2.30. The summed E-state index contributed by atoms with van der Waals surface area (Å²) < 4.78 is 30.7. The Labute approximate surface area is 226 Å². The SMILES string of the molecule is CNc1nc(N[C@H]2CC[C@](C)(O)CC2)nc2c1c(-c1ccn3nccc3n1)cn2S(=O)(=O)c1ccc(C)cc1. The van der Waals surface area contributed by atoms with Crippen molar-refractivity contribution in [2.24, 2.45) is 0 Å². The van der Waals surface area contributed by atoms with Crippen molar-refractivity contribution in [3.63, 3.8) is 0 Å². The minimum Gasteiger partial charge on any atom is -0.390 e. The standard InChI is InChI=1S/C27H30N8O3S/c1-17-4-6-19(7-5-17)39(37,38)35-16-20(21-11-15-34-22(31-21)10-14-29-34)23-24(28-3)32-26(33-25(23)35)30-18-8-12-27(2,36)13-9-18/h4-7,10-11,14-16,18,36H,8-9,12-13H2,1-3H3,(H2,28,30,32,33)/t18-,27-. The van der Waals surface area contributed by atoms with Gasteiger partial charge in [-0.15, -0.1) is 0 Å². The average molecular weight is 547 g/mol. The number of benzene rings is 1. The van der Waals surface area contributed by atoms with Gasteiger partial charge in [0.25, 0.3) is 10.0 Å². The van der Waals surface area contributed by atoms with Gasteiger partial charge in [-0.25, -0.2) is 21.9 Å². The van der Waals surface area contributed by atoms with Crippen LogP contribution in [0.25, 0.3) is 27.9 Å². The van der Waals surface area contributed by atoms with Crippen LogP contribution >= 0.6 is 0 Å². The molecule has 0 saturated heterocycles. The second kappa shape index (κ2) is 9.31. The molecule has 0 bridgehead atoms. The fourth-order valence-electron chi connectivity index (χ4n) is 5.08. The Balaban J connectivity index is 1.53. The fraction of sp³-hybridized carbons (Fsp3) is 0.333. The molecule has 1 fully saturated rings. The van der Waals surface area contributed by atoms with E-state index < -0.39 is 15.6 Å². The monoisotopic (exact) mass is 546 g/mol. The van der Waals surface area contributed by atoms with Gasteiger partial charge in [0.05, 0.1) is 27.8 Å². The largest absolute Gasteiger partial charge is 0.390 e. The molecule has 0 atom stereocenters. The van der Waals surface area contributed by atoms with Gasteiger partial charge in [0.2, 0.25) is 5.95 Å². The second-order valence-corrected chi connectivity index (χ2v) is 12.2. The molecule has 12 heteroatoms. The van der Waals surface area contributed by atoms with Crippen molar-refractivity contribution in [2.45, 2.75) is 56.1 Å². The first-order valence-corrected chi connectivity index (χ1v) is 14.3. The average Bonchev–Trinajstić information content (AvgIpc) is 3.54. The van der Waals surface area contributed by atoms with Crippen LogP contribution in [0.2, 0.25) is 0 Å². The molecule has 0 radical (unpaired) electrons. The lowest BCUT2D eigenvalue weighted by Crippen LogP contribution is -2.36. The van der Waals surface area contributed by atoms with Crippen LogP contribution in [-0.4, -0.2) is 60.8 Å². The summed E-state index contributed by atoms with van der Waals surface area (Å²) in [5.41, 5.74) is 2.31. The summed E-state index contributed by atoms with van der Waals surface area (Å²) in [6.45, 7) is 3.76. The molecule has 11 nitrogen and oxygen atoms in total. The van der Waals surface area contributed by atoms with Gasteiger partial charge in [-0.1, -0.05) is 17.7 Å². The van der Waals surface area contributed by atoms with Gasteiger partial charge in [-0.2, -0.15) is 15.1 Å². The number of anilines is 2. The number of aryl methyl sites for hydroxylation is 1. The van der Waals surface area contributed by atoms with E-state index in [0.29, 0.717) is 46.9 Å². The Morgan fingerprint density at radius 2 is 1.79 bits per heavy atom. The molecular formula is C27H30N8O3S. The molecule has 0 aliphatic heterocycles. The molecule has 202 valence electrons. The van der Waals surface area contributed by atoms with Gasteiger partial charge in [0.15, 0.2) is 11.3 Å². The smallest absolute Gasteiger partial charge is 0.269 e. The van der Waals surface area contributed by atoms with E-state index in [1.165, 1.54) is 3.97 Å². The number of aliphatic hydroxyl groups is 1. The van der Waals surface area contributed by atoms with Crippen molar-refractivity contribution in [3.8, 4) is 11.3 Å². The van der Waals surface area contributed by atoms with E-state index in [-0.39, 0.29) is 16.6 Å². The molecule has 6 rings (SSSR count). The van der Waals surface area contributed by atoms with Gasteiger partial charge in [0, 0.05) is 37.1 Å². The summed E-state index contributed by atoms with van der Waals surface area (Å²) in [7, 11) is -2.26. The predicted molar refractivity (Wildman–Crippen MR) is 149 cm³/mol. The van der Waals surface area contributed by atoms with Crippen LogP contribution in [-0.2, 0) is 10.0 Å². The minimum absolute atomic E-state index is 0.0647. The zero-order valence-corrected chi connectivity index (χ0v) is 22.8. The van der Waals surface area contributed by atoms with Gasteiger partial charge in [0.1, 0.15) is 5.82 Å². The Hall–Kier alpha value is -4.03. The molecule has 3 N–H and O–H groups in total. The van der Waals surface area contributed by atoms with Gasteiger partial charge in [-0.05, 0) is 57.7 Å². The van der Waals surface area contributed by atoms with Crippen LogP contribution in [0.4, 0.5) is 11.8 Å². The molecule has 1 aromatic carbocycles. The topological polar surface area (TPSA) is 139 Å². The van der Waals surface area contributed by atoms with Crippen molar-refractivity contribution < 1.29 is 13.5 Å². The first kappa shape index (κ1) is 25.3. The molecular weight excluding hydrogens is 516 g/mol. The Morgan fingerprint density at radius 3 is 2.51 bits per heavy atom. The number of rotatable bonds is 6. The summed E-state index contributed by atoms with van der Waals surface area (Å²) in [6.07, 6.45) is 7.84. The molecule has 4 heterocycles. The fourth-order valence-corrected chi connectivity index (χ4v) is 6.39. The first-order chi connectivity index (χ1) is 18.6. The minimum atomic E-state index is -4.00. The lowest BCUT2D eigenvalue weighted by Gasteiger charge is -2.33. The molecule has 4 aromatic heterocycles. The Bertz CT molecular complexity index is 1780. The zero-order valence-electron chi connectivity index (χ0n) is 22.0. The van der Waals surface area contributed by atoms with Crippen molar-refractivity contribution in [1.82, 2.24) is 28.5 Å². The molecule has 1 aliphatic carbocycles. The van der Waals surface area contributed by atoms with E-state index in [9.17, 15) is 13.5 Å².